The highest BCUT2D eigenvalue weighted by atomic mass is 79.9. The third-order valence-electron chi connectivity index (χ3n) is 3.64. The van der Waals surface area contributed by atoms with Crippen molar-refractivity contribution in [2.75, 3.05) is 30.8 Å². The summed E-state index contributed by atoms with van der Waals surface area (Å²) in [6.45, 7) is 2.55. The molecule has 1 aromatic heterocycles. The Balaban J connectivity index is 1.77. The topological polar surface area (TPSA) is 85.2 Å². The number of anilines is 2. The Bertz CT molecular complexity index is 844. The molecular formula is C18H19BrN4O2S. The number of rotatable bonds is 7. The van der Waals surface area contributed by atoms with Crippen LogP contribution in [0.25, 0.3) is 0 Å². The first-order chi connectivity index (χ1) is 12.4. The maximum Gasteiger partial charge on any atom is 0.238 e. The Hall–Kier alpha value is -2.21. The number of carbonyl (C=O) groups is 2. The standard InChI is InChI=1S/C18H19BrN4O2S/c1-12-9-14(19)3-4-15(12)21-17(25)11-23(2)7-5-16(24)22-18-13(10-20)6-8-26-18/h3-4,6,8-9H,5,7,11H2,1-2H3,(H,21,25)(H,22,24). The molecule has 0 radical (unpaired) electrons. The molecule has 6 nitrogen and oxygen atoms in total. The number of nitrogens with zero attached hydrogens (tertiary/aromatic N) is 2. The summed E-state index contributed by atoms with van der Waals surface area (Å²) in [5.41, 5.74) is 2.20. The second-order valence-electron chi connectivity index (χ2n) is 5.82. The highest BCUT2D eigenvalue weighted by molar-refractivity contribution is 9.10. The molecular weight excluding hydrogens is 416 g/mol. The lowest BCUT2D eigenvalue weighted by Crippen LogP contribution is -2.32. The second kappa shape index (κ2) is 9.48. The van der Waals surface area contributed by atoms with Gasteiger partial charge in [0, 0.05) is 23.1 Å². The van der Waals surface area contributed by atoms with Gasteiger partial charge in [-0.05, 0) is 49.2 Å². The fourth-order valence-electron chi connectivity index (χ4n) is 2.26. The molecule has 2 aromatic rings. The van der Waals surface area contributed by atoms with Crippen LogP contribution < -0.4 is 10.6 Å². The van der Waals surface area contributed by atoms with Crippen LogP contribution in [0.3, 0.4) is 0 Å². The number of hydrogen-bond donors (Lipinski definition) is 2. The largest absolute Gasteiger partial charge is 0.325 e. The van der Waals surface area contributed by atoms with E-state index < -0.39 is 0 Å². The number of amides is 2. The van der Waals surface area contributed by atoms with Crippen molar-refractivity contribution in [3.8, 4) is 6.07 Å². The van der Waals surface area contributed by atoms with Gasteiger partial charge in [0.15, 0.2) is 0 Å². The van der Waals surface area contributed by atoms with Crippen LogP contribution in [0.5, 0.6) is 0 Å². The molecule has 2 N–H and O–H groups in total. The van der Waals surface area contributed by atoms with Gasteiger partial charge < -0.3 is 10.6 Å². The molecule has 0 bridgehead atoms. The number of benzene rings is 1. The van der Waals surface area contributed by atoms with Gasteiger partial charge in [-0.15, -0.1) is 11.3 Å². The molecule has 0 aliphatic rings. The van der Waals surface area contributed by atoms with Gasteiger partial charge in [-0.3, -0.25) is 14.5 Å². The van der Waals surface area contributed by atoms with Gasteiger partial charge in [0.25, 0.3) is 0 Å². The Kier molecular flexibility index (Phi) is 7.33. The minimum absolute atomic E-state index is 0.136. The van der Waals surface area contributed by atoms with Crippen LogP contribution >= 0.6 is 27.3 Å². The number of hydrogen-bond acceptors (Lipinski definition) is 5. The van der Waals surface area contributed by atoms with E-state index in [1.54, 1.807) is 23.4 Å². The lowest BCUT2D eigenvalue weighted by atomic mass is 10.2. The molecule has 0 aliphatic heterocycles. The van der Waals surface area contributed by atoms with E-state index in [2.05, 4.69) is 26.6 Å². The molecule has 8 heteroatoms. The number of nitrogens with one attached hydrogen (secondary N) is 2. The Morgan fingerprint density at radius 2 is 2.04 bits per heavy atom. The second-order valence-corrected chi connectivity index (χ2v) is 7.65. The highest BCUT2D eigenvalue weighted by Crippen LogP contribution is 2.22. The summed E-state index contributed by atoms with van der Waals surface area (Å²) >= 11 is 4.71. The van der Waals surface area contributed by atoms with Crippen molar-refractivity contribution in [1.82, 2.24) is 4.90 Å². The summed E-state index contributed by atoms with van der Waals surface area (Å²) in [5.74, 6) is -0.316. The Morgan fingerprint density at radius 3 is 2.73 bits per heavy atom. The van der Waals surface area contributed by atoms with Crippen molar-refractivity contribution in [3.63, 3.8) is 0 Å². The lowest BCUT2D eigenvalue weighted by molar-refractivity contribution is -0.119. The number of aryl methyl sites for hydroxylation is 1. The minimum Gasteiger partial charge on any atom is -0.325 e. The van der Waals surface area contributed by atoms with Crippen LogP contribution in [-0.4, -0.2) is 36.9 Å². The average Bonchev–Trinajstić information content (AvgIpc) is 3.02. The molecule has 136 valence electrons. The summed E-state index contributed by atoms with van der Waals surface area (Å²) in [5, 5.41) is 16.9. The molecule has 0 aliphatic carbocycles. The van der Waals surface area contributed by atoms with Gasteiger partial charge in [0.1, 0.15) is 11.1 Å². The molecule has 0 unspecified atom stereocenters. The van der Waals surface area contributed by atoms with Crippen LogP contribution in [0, 0.1) is 18.3 Å². The van der Waals surface area contributed by atoms with E-state index in [0.29, 0.717) is 17.1 Å². The zero-order valence-corrected chi connectivity index (χ0v) is 16.9. The zero-order chi connectivity index (χ0) is 19.1. The molecule has 0 saturated heterocycles. The van der Waals surface area contributed by atoms with Gasteiger partial charge in [-0.1, -0.05) is 15.9 Å². The number of halogens is 1. The van der Waals surface area contributed by atoms with Crippen molar-refractivity contribution < 1.29 is 9.59 Å². The van der Waals surface area contributed by atoms with Gasteiger partial charge >= 0.3 is 0 Å². The molecule has 1 heterocycles. The first kappa shape index (κ1) is 20.1. The van der Waals surface area contributed by atoms with E-state index in [1.165, 1.54) is 11.3 Å². The lowest BCUT2D eigenvalue weighted by Gasteiger charge is -2.16. The average molecular weight is 435 g/mol. The minimum atomic E-state index is -0.181. The van der Waals surface area contributed by atoms with Crippen LogP contribution in [0.2, 0.25) is 0 Å². The first-order valence-electron chi connectivity index (χ1n) is 7.91. The molecule has 26 heavy (non-hydrogen) atoms. The molecule has 1 aromatic carbocycles. The molecule has 0 spiro atoms. The molecule has 0 fully saturated rings. The third kappa shape index (κ3) is 5.95. The van der Waals surface area contributed by atoms with E-state index in [0.717, 1.165) is 15.7 Å². The van der Waals surface area contributed by atoms with Gasteiger partial charge in [0.05, 0.1) is 12.1 Å². The number of thiophene rings is 1. The number of carbonyl (C=O) groups excluding carboxylic acids is 2. The number of nitriles is 1. The van der Waals surface area contributed by atoms with Crippen molar-refractivity contribution in [2.45, 2.75) is 13.3 Å². The van der Waals surface area contributed by atoms with E-state index in [1.807, 2.05) is 31.2 Å². The monoisotopic (exact) mass is 434 g/mol. The van der Waals surface area contributed by atoms with Crippen LogP contribution in [-0.2, 0) is 9.59 Å². The van der Waals surface area contributed by atoms with Crippen molar-refractivity contribution >= 4 is 49.8 Å². The summed E-state index contributed by atoms with van der Waals surface area (Å²) < 4.78 is 0.960. The van der Waals surface area contributed by atoms with Crippen LogP contribution in [0.1, 0.15) is 17.5 Å². The van der Waals surface area contributed by atoms with E-state index >= 15 is 0 Å². The van der Waals surface area contributed by atoms with Crippen molar-refractivity contribution in [2.24, 2.45) is 0 Å². The smallest absolute Gasteiger partial charge is 0.238 e. The maximum atomic E-state index is 12.1. The summed E-state index contributed by atoms with van der Waals surface area (Å²) in [7, 11) is 1.78. The summed E-state index contributed by atoms with van der Waals surface area (Å²) in [4.78, 5) is 25.9. The molecule has 2 amide bonds. The van der Waals surface area contributed by atoms with Crippen LogP contribution in [0.15, 0.2) is 34.1 Å². The fourth-order valence-corrected chi connectivity index (χ4v) is 3.49. The summed E-state index contributed by atoms with van der Waals surface area (Å²) in [6.07, 6.45) is 0.240. The molecule has 2 rings (SSSR count). The third-order valence-corrected chi connectivity index (χ3v) is 4.96. The summed E-state index contributed by atoms with van der Waals surface area (Å²) in [6, 6.07) is 9.35. The molecule has 0 atom stereocenters. The van der Waals surface area contributed by atoms with E-state index in [-0.39, 0.29) is 24.8 Å². The number of likely N-dealkylation sites (N-methyl/N-ethyl adjacent to an activating group) is 1. The van der Waals surface area contributed by atoms with Gasteiger partial charge in [0.2, 0.25) is 11.8 Å². The Morgan fingerprint density at radius 1 is 1.27 bits per heavy atom. The Labute approximate surface area is 164 Å². The van der Waals surface area contributed by atoms with E-state index in [9.17, 15) is 9.59 Å². The highest BCUT2D eigenvalue weighted by Gasteiger charge is 2.12. The van der Waals surface area contributed by atoms with E-state index in [4.69, 9.17) is 5.26 Å². The van der Waals surface area contributed by atoms with Crippen LogP contribution in [0.4, 0.5) is 10.7 Å². The first-order valence-corrected chi connectivity index (χ1v) is 9.58. The predicted molar refractivity (Wildman–Crippen MR) is 107 cm³/mol. The normalized spacial score (nSPS) is 10.4. The van der Waals surface area contributed by atoms with Crippen molar-refractivity contribution in [3.05, 3.63) is 45.2 Å². The van der Waals surface area contributed by atoms with Gasteiger partial charge in [-0.2, -0.15) is 5.26 Å². The molecule has 0 saturated carbocycles. The van der Waals surface area contributed by atoms with Crippen molar-refractivity contribution in [1.29, 1.82) is 5.26 Å². The SMILES string of the molecule is Cc1cc(Br)ccc1NC(=O)CN(C)CCC(=O)Nc1sccc1C#N. The zero-order valence-electron chi connectivity index (χ0n) is 14.5. The predicted octanol–water partition coefficient (Wildman–Crippen LogP) is 3.59. The maximum absolute atomic E-state index is 12.1. The van der Waals surface area contributed by atoms with Gasteiger partial charge in [-0.25, -0.2) is 0 Å². The quantitative estimate of drug-likeness (QED) is 0.696. The fraction of sp³-hybridized carbons (Fsp3) is 0.278.